The summed E-state index contributed by atoms with van der Waals surface area (Å²) < 4.78 is 5.47. The number of carbonyl (C=O) groups excluding carboxylic acids is 1. The summed E-state index contributed by atoms with van der Waals surface area (Å²) in [5, 5.41) is 4.34. The van der Waals surface area contributed by atoms with Crippen molar-refractivity contribution in [2.24, 2.45) is 0 Å². The van der Waals surface area contributed by atoms with E-state index < -0.39 is 0 Å². The summed E-state index contributed by atoms with van der Waals surface area (Å²) in [6.07, 6.45) is 0. The lowest BCUT2D eigenvalue weighted by atomic mass is 10.0. The van der Waals surface area contributed by atoms with E-state index in [2.05, 4.69) is 26.3 Å². The van der Waals surface area contributed by atoms with Crippen LogP contribution in [0.4, 0.5) is 11.8 Å². The molecule has 4 rings (SSSR count). The summed E-state index contributed by atoms with van der Waals surface area (Å²) in [5.74, 6) is 0.929. The Morgan fingerprint density at radius 2 is 1.78 bits per heavy atom. The molecule has 2 aromatic carbocycles. The first-order valence-corrected chi connectivity index (χ1v) is 9.16. The van der Waals surface area contributed by atoms with Crippen LogP contribution in [0.3, 0.4) is 0 Å². The molecule has 0 bridgehead atoms. The lowest BCUT2D eigenvalue weighted by Gasteiger charge is -2.29. The van der Waals surface area contributed by atoms with Gasteiger partial charge in [-0.15, -0.1) is 0 Å². The molecule has 0 spiro atoms. The van der Waals surface area contributed by atoms with Crippen LogP contribution in [0.25, 0.3) is 22.0 Å². The molecule has 27 heavy (non-hydrogen) atoms. The van der Waals surface area contributed by atoms with Crippen LogP contribution in [-0.2, 0) is 9.53 Å². The van der Waals surface area contributed by atoms with Crippen LogP contribution in [-0.4, -0.2) is 42.2 Å². The number of morpholine rings is 1. The van der Waals surface area contributed by atoms with Crippen molar-refractivity contribution in [3.8, 4) is 11.1 Å². The van der Waals surface area contributed by atoms with Crippen LogP contribution in [0.5, 0.6) is 0 Å². The number of anilines is 2. The number of ether oxygens (including phenoxy) is 1. The van der Waals surface area contributed by atoms with E-state index in [0.717, 1.165) is 40.9 Å². The smallest absolute Gasteiger partial charge is 0.231 e. The van der Waals surface area contributed by atoms with Gasteiger partial charge in [-0.3, -0.25) is 10.1 Å². The van der Waals surface area contributed by atoms with E-state index >= 15 is 0 Å². The van der Waals surface area contributed by atoms with E-state index in [0.29, 0.717) is 24.2 Å². The quantitative estimate of drug-likeness (QED) is 0.747. The first-order valence-electron chi connectivity index (χ1n) is 8.78. The van der Waals surface area contributed by atoms with Crippen molar-refractivity contribution in [1.29, 1.82) is 0 Å². The van der Waals surface area contributed by atoms with Gasteiger partial charge in [0.2, 0.25) is 11.9 Å². The third-order valence-electron chi connectivity index (χ3n) is 4.45. The van der Waals surface area contributed by atoms with Gasteiger partial charge in [0, 0.05) is 30.4 Å². The molecule has 1 N–H and O–H groups in total. The van der Waals surface area contributed by atoms with Crippen LogP contribution in [0.2, 0.25) is 5.02 Å². The molecule has 0 saturated carbocycles. The van der Waals surface area contributed by atoms with Crippen LogP contribution < -0.4 is 10.2 Å². The van der Waals surface area contributed by atoms with Gasteiger partial charge in [0.25, 0.3) is 0 Å². The molecule has 6 nitrogen and oxygen atoms in total. The second-order valence-electron chi connectivity index (χ2n) is 6.39. The highest BCUT2D eigenvalue weighted by atomic mass is 35.5. The number of fused-ring (bicyclic) bond motifs is 1. The molecule has 1 fully saturated rings. The molecular formula is C20H19ClN4O2. The summed E-state index contributed by atoms with van der Waals surface area (Å²) in [7, 11) is 0. The van der Waals surface area contributed by atoms with Crippen molar-refractivity contribution >= 4 is 40.2 Å². The highest BCUT2D eigenvalue weighted by molar-refractivity contribution is 6.30. The molecule has 138 valence electrons. The molecule has 1 aromatic heterocycles. The Morgan fingerprint density at radius 3 is 2.48 bits per heavy atom. The molecule has 1 saturated heterocycles. The minimum absolute atomic E-state index is 0.194. The molecule has 0 radical (unpaired) electrons. The summed E-state index contributed by atoms with van der Waals surface area (Å²) in [6.45, 7) is 4.24. The predicted octanol–water partition coefficient (Wildman–Crippen LogP) is 3.75. The minimum Gasteiger partial charge on any atom is -0.378 e. The van der Waals surface area contributed by atoms with E-state index in [4.69, 9.17) is 16.3 Å². The maximum atomic E-state index is 11.5. The molecule has 1 aliphatic rings. The van der Waals surface area contributed by atoms with E-state index in [9.17, 15) is 4.79 Å². The number of hydrogen-bond donors (Lipinski definition) is 1. The second kappa shape index (κ2) is 7.50. The topological polar surface area (TPSA) is 67.4 Å². The van der Waals surface area contributed by atoms with Gasteiger partial charge in [-0.2, -0.15) is 4.98 Å². The maximum absolute atomic E-state index is 11.5. The van der Waals surface area contributed by atoms with Crippen molar-refractivity contribution in [1.82, 2.24) is 9.97 Å². The highest BCUT2D eigenvalue weighted by Crippen LogP contribution is 2.31. The molecule has 0 unspecified atom stereocenters. The number of aromatic nitrogens is 2. The monoisotopic (exact) mass is 382 g/mol. The van der Waals surface area contributed by atoms with Gasteiger partial charge in [-0.1, -0.05) is 29.8 Å². The van der Waals surface area contributed by atoms with E-state index in [-0.39, 0.29) is 5.91 Å². The molecule has 0 aliphatic carbocycles. The normalized spacial score (nSPS) is 14.4. The Kier molecular flexibility index (Phi) is 4.92. The fourth-order valence-electron chi connectivity index (χ4n) is 3.16. The number of nitrogens with zero attached hydrogens (tertiary/aromatic N) is 3. The number of carbonyl (C=O) groups is 1. The first-order chi connectivity index (χ1) is 13.1. The SMILES string of the molecule is CC(=O)Nc1nc(N2CCOCC2)c2cc(-c3ccc(Cl)cc3)ccc2n1. The fraction of sp³-hybridized carbons (Fsp3) is 0.250. The van der Waals surface area contributed by atoms with Gasteiger partial charge in [0.1, 0.15) is 5.82 Å². The lowest BCUT2D eigenvalue weighted by molar-refractivity contribution is -0.114. The minimum atomic E-state index is -0.194. The third kappa shape index (κ3) is 3.86. The van der Waals surface area contributed by atoms with Crippen LogP contribution in [0, 0.1) is 0 Å². The van der Waals surface area contributed by atoms with Crippen molar-refractivity contribution in [3.05, 3.63) is 47.5 Å². The number of rotatable bonds is 3. The number of nitrogens with one attached hydrogen (secondary N) is 1. The second-order valence-corrected chi connectivity index (χ2v) is 6.83. The van der Waals surface area contributed by atoms with Gasteiger partial charge >= 0.3 is 0 Å². The summed E-state index contributed by atoms with van der Waals surface area (Å²) >= 11 is 6.01. The third-order valence-corrected chi connectivity index (χ3v) is 4.70. The van der Waals surface area contributed by atoms with Gasteiger partial charge in [-0.05, 0) is 35.4 Å². The zero-order chi connectivity index (χ0) is 18.8. The standard InChI is InChI=1S/C20H19ClN4O2/c1-13(26)22-20-23-18-7-4-15(14-2-5-16(21)6-3-14)12-17(18)19(24-20)25-8-10-27-11-9-25/h2-7,12H,8-11H2,1H3,(H,22,23,24,26). The Morgan fingerprint density at radius 1 is 1.07 bits per heavy atom. The number of hydrogen-bond acceptors (Lipinski definition) is 5. The lowest BCUT2D eigenvalue weighted by Crippen LogP contribution is -2.37. The van der Waals surface area contributed by atoms with Crippen molar-refractivity contribution < 1.29 is 9.53 Å². The zero-order valence-electron chi connectivity index (χ0n) is 14.9. The largest absolute Gasteiger partial charge is 0.378 e. The van der Waals surface area contributed by atoms with Gasteiger partial charge < -0.3 is 9.64 Å². The Balaban J connectivity index is 1.84. The molecule has 2 heterocycles. The van der Waals surface area contributed by atoms with Crippen LogP contribution >= 0.6 is 11.6 Å². The van der Waals surface area contributed by atoms with Gasteiger partial charge in [-0.25, -0.2) is 4.98 Å². The average Bonchev–Trinajstić information content (AvgIpc) is 2.68. The molecular weight excluding hydrogens is 364 g/mol. The summed E-state index contributed by atoms with van der Waals surface area (Å²) in [6, 6.07) is 13.8. The number of amides is 1. The summed E-state index contributed by atoms with van der Waals surface area (Å²) in [5.41, 5.74) is 2.91. The first kappa shape index (κ1) is 17.7. The molecule has 7 heteroatoms. The van der Waals surface area contributed by atoms with Gasteiger partial charge in [0.15, 0.2) is 0 Å². The zero-order valence-corrected chi connectivity index (χ0v) is 15.7. The molecule has 3 aromatic rings. The Hall–Kier alpha value is -2.70. The molecule has 0 atom stereocenters. The predicted molar refractivity (Wildman–Crippen MR) is 107 cm³/mol. The maximum Gasteiger partial charge on any atom is 0.231 e. The van der Waals surface area contributed by atoms with Crippen LogP contribution in [0.15, 0.2) is 42.5 Å². The van der Waals surface area contributed by atoms with Crippen molar-refractivity contribution in [2.75, 3.05) is 36.5 Å². The number of benzene rings is 2. The number of halogens is 1. The van der Waals surface area contributed by atoms with Crippen molar-refractivity contribution in [2.45, 2.75) is 6.92 Å². The molecule has 1 aliphatic heterocycles. The van der Waals surface area contributed by atoms with Crippen LogP contribution in [0.1, 0.15) is 6.92 Å². The fourth-order valence-corrected chi connectivity index (χ4v) is 3.29. The van der Waals surface area contributed by atoms with E-state index in [1.165, 1.54) is 6.92 Å². The molecule has 1 amide bonds. The van der Waals surface area contributed by atoms with E-state index in [1.54, 1.807) is 0 Å². The highest BCUT2D eigenvalue weighted by Gasteiger charge is 2.18. The van der Waals surface area contributed by atoms with E-state index in [1.807, 2.05) is 36.4 Å². The average molecular weight is 383 g/mol. The van der Waals surface area contributed by atoms with Gasteiger partial charge in [0.05, 0.1) is 18.7 Å². The Bertz CT molecular complexity index is 985. The Labute approximate surface area is 162 Å². The van der Waals surface area contributed by atoms with Crippen molar-refractivity contribution in [3.63, 3.8) is 0 Å². The summed E-state index contributed by atoms with van der Waals surface area (Å²) in [4.78, 5) is 22.8.